The van der Waals surface area contributed by atoms with Crippen molar-refractivity contribution < 1.29 is 22.7 Å². The van der Waals surface area contributed by atoms with Crippen molar-refractivity contribution >= 4 is 42.9 Å². The SMILES string of the molecule is O=C(Nc1ccc(S(=O)(=O)Cl)c(Cl)c1)C1COCCO1. The maximum Gasteiger partial charge on any atom is 0.262 e. The molecule has 1 atom stereocenters. The fourth-order valence-electron chi connectivity index (χ4n) is 1.64. The number of hydrogen-bond acceptors (Lipinski definition) is 5. The summed E-state index contributed by atoms with van der Waals surface area (Å²) in [5.74, 6) is -0.387. The fourth-order valence-corrected chi connectivity index (χ4v) is 3.17. The van der Waals surface area contributed by atoms with Crippen molar-refractivity contribution in [3.8, 4) is 0 Å². The summed E-state index contributed by atoms with van der Waals surface area (Å²) in [6, 6.07) is 3.92. The lowest BCUT2D eigenvalue weighted by Crippen LogP contribution is -2.39. The number of carbonyl (C=O) groups excluding carboxylic acids is 1. The first kappa shape index (κ1) is 15.5. The first-order valence-electron chi connectivity index (χ1n) is 5.62. The lowest BCUT2D eigenvalue weighted by molar-refractivity contribution is -0.142. The summed E-state index contributed by atoms with van der Waals surface area (Å²) in [7, 11) is 1.29. The molecule has 0 aromatic heterocycles. The molecule has 110 valence electrons. The van der Waals surface area contributed by atoms with Gasteiger partial charge in [-0.2, -0.15) is 0 Å². The summed E-state index contributed by atoms with van der Waals surface area (Å²) in [6.07, 6.45) is -0.695. The van der Waals surface area contributed by atoms with Crippen molar-refractivity contribution in [3.05, 3.63) is 23.2 Å². The molecule has 0 radical (unpaired) electrons. The lowest BCUT2D eigenvalue weighted by Gasteiger charge is -2.22. The Bertz CT molecular complexity index is 613. The zero-order valence-electron chi connectivity index (χ0n) is 10.1. The van der Waals surface area contributed by atoms with Gasteiger partial charge in [-0.25, -0.2) is 8.42 Å². The molecule has 1 saturated heterocycles. The molecular formula is C11H11Cl2NO5S. The number of halogens is 2. The average molecular weight is 340 g/mol. The molecule has 1 heterocycles. The highest BCUT2D eigenvalue weighted by molar-refractivity contribution is 8.13. The van der Waals surface area contributed by atoms with Crippen LogP contribution in [0, 0.1) is 0 Å². The van der Waals surface area contributed by atoms with E-state index in [9.17, 15) is 13.2 Å². The summed E-state index contributed by atoms with van der Waals surface area (Å²) >= 11 is 5.81. The fraction of sp³-hybridized carbons (Fsp3) is 0.364. The minimum atomic E-state index is -3.92. The number of carbonyl (C=O) groups is 1. The van der Waals surface area contributed by atoms with Crippen molar-refractivity contribution in [2.24, 2.45) is 0 Å². The highest BCUT2D eigenvalue weighted by Gasteiger charge is 2.23. The van der Waals surface area contributed by atoms with Gasteiger partial charge in [0.05, 0.1) is 24.8 Å². The number of anilines is 1. The zero-order valence-corrected chi connectivity index (χ0v) is 12.5. The highest BCUT2D eigenvalue weighted by Crippen LogP contribution is 2.27. The molecule has 1 fully saturated rings. The van der Waals surface area contributed by atoms with E-state index in [0.717, 1.165) is 0 Å². The third-order valence-corrected chi connectivity index (χ3v) is 4.38. The molecule has 1 unspecified atom stereocenters. The summed E-state index contributed by atoms with van der Waals surface area (Å²) in [5, 5.41) is 2.49. The van der Waals surface area contributed by atoms with E-state index in [1.165, 1.54) is 18.2 Å². The molecule has 0 aliphatic carbocycles. The van der Waals surface area contributed by atoms with Gasteiger partial charge in [0.15, 0.2) is 6.10 Å². The molecule has 20 heavy (non-hydrogen) atoms. The smallest absolute Gasteiger partial charge is 0.262 e. The lowest BCUT2D eigenvalue weighted by atomic mass is 10.3. The monoisotopic (exact) mass is 339 g/mol. The number of amides is 1. The van der Waals surface area contributed by atoms with Gasteiger partial charge in [-0.1, -0.05) is 11.6 Å². The Balaban J connectivity index is 2.10. The van der Waals surface area contributed by atoms with Gasteiger partial charge in [0.2, 0.25) is 0 Å². The molecule has 0 saturated carbocycles. The summed E-state index contributed by atoms with van der Waals surface area (Å²) in [5.41, 5.74) is 0.346. The van der Waals surface area contributed by atoms with E-state index in [1.807, 2.05) is 0 Å². The molecule has 0 spiro atoms. The van der Waals surface area contributed by atoms with Gasteiger partial charge in [0, 0.05) is 16.4 Å². The molecule has 9 heteroatoms. The maximum atomic E-state index is 11.9. The Morgan fingerprint density at radius 2 is 2.10 bits per heavy atom. The highest BCUT2D eigenvalue weighted by atomic mass is 35.7. The normalized spacial score (nSPS) is 19.6. The Morgan fingerprint density at radius 3 is 2.65 bits per heavy atom. The van der Waals surface area contributed by atoms with Crippen LogP contribution in [0.3, 0.4) is 0 Å². The Labute approximate surface area is 125 Å². The first-order chi connectivity index (χ1) is 9.38. The number of nitrogens with one attached hydrogen (secondary N) is 1. The van der Waals surface area contributed by atoms with E-state index in [4.69, 9.17) is 31.8 Å². The van der Waals surface area contributed by atoms with Crippen molar-refractivity contribution in [3.63, 3.8) is 0 Å². The largest absolute Gasteiger partial charge is 0.376 e. The van der Waals surface area contributed by atoms with E-state index < -0.39 is 15.2 Å². The Morgan fingerprint density at radius 1 is 1.35 bits per heavy atom. The quantitative estimate of drug-likeness (QED) is 0.846. The van der Waals surface area contributed by atoms with Crippen LogP contribution in [0.4, 0.5) is 5.69 Å². The van der Waals surface area contributed by atoms with Crippen LogP contribution in [0.15, 0.2) is 23.1 Å². The van der Waals surface area contributed by atoms with Crippen LogP contribution in [0.5, 0.6) is 0 Å². The van der Waals surface area contributed by atoms with Crippen molar-refractivity contribution in [1.82, 2.24) is 0 Å². The van der Waals surface area contributed by atoms with Gasteiger partial charge in [0.25, 0.3) is 15.0 Å². The van der Waals surface area contributed by atoms with Gasteiger partial charge in [-0.3, -0.25) is 4.79 Å². The van der Waals surface area contributed by atoms with Crippen molar-refractivity contribution in [2.75, 3.05) is 25.1 Å². The number of rotatable bonds is 3. The van der Waals surface area contributed by atoms with Gasteiger partial charge in [-0.05, 0) is 18.2 Å². The predicted octanol–water partition coefficient (Wildman–Crippen LogP) is 1.62. The van der Waals surface area contributed by atoms with Crippen LogP contribution in [-0.2, 0) is 23.3 Å². The zero-order chi connectivity index (χ0) is 14.8. The van der Waals surface area contributed by atoms with Crippen molar-refractivity contribution in [1.29, 1.82) is 0 Å². The standard InChI is InChI=1S/C11H11Cl2NO5S/c12-8-5-7(1-2-10(8)20(13,16)17)14-11(15)9-6-18-3-4-19-9/h1-2,5,9H,3-4,6H2,(H,14,15). The summed E-state index contributed by atoms with van der Waals surface area (Å²) < 4.78 is 32.7. The van der Waals surface area contributed by atoms with Crippen LogP contribution in [-0.4, -0.2) is 40.2 Å². The molecule has 0 bridgehead atoms. The van der Waals surface area contributed by atoms with Crippen LogP contribution in [0.25, 0.3) is 0 Å². The predicted molar refractivity (Wildman–Crippen MR) is 73.7 cm³/mol. The van der Waals surface area contributed by atoms with E-state index in [1.54, 1.807) is 0 Å². The first-order valence-corrected chi connectivity index (χ1v) is 8.31. The number of benzene rings is 1. The van der Waals surface area contributed by atoms with Crippen LogP contribution in [0.1, 0.15) is 0 Å². The van der Waals surface area contributed by atoms with Crippen molar-refractivity contribution in [2.45, 2.75) is 11.0 Å². The van der Waals surface area contributed by atoms with E-state index in [0.29, 0.717) is 18.9 Å². The molecular weight excluding hydrogens is 329 g/mol. The van der Waals surface area contributed by atoms with Gasteiger partial charge in [0.1, 0.15) is 4.90 Å². The molecule has 1 aromatic rings. The molecule has 6 nitrogen and oxygen atoms in total. The van der Waals surface area contributed by atoms with E-state index >= 15 is 0 Å². The topological polar surface area (TPSA) is 81.7 Å². The molecule has 1 aliphatic heterocycles. The van der Waals surface area contributed by atoms with Crippen LogP contribution >= 0.6 is 22.3 Å². The Kier molecular flexibility index (Phi) is 4.87. The minimum Gasteiger partial charge on any atom is -0.376 e. The van der Waals surface area contributed by atoms with Crippen LogP contribution < -0.4 is 5.32 Å². The van der Waals surface area contributed by atoms with Gasteiger partial charge >= 0.3 is 0 Å². The number of hydrogen-bond donors (Lipinski definition) is 1. The molecule has 1 aromatic carbocycles. The molecule has 1 amide bonds. The second-order valence-electron chi connectivity index (χ2n) is 4.01. The molecule has 1 aliphatic rings. The van der Waals surface area contributed by atoms with Gasteiger partial charge < -0.3 is 14.8 Å². The summed E-state index contributed by atoms with van der Waals surface area (Å²) in [4.78, 5) is 11.6. The second-order valence-corrected chi connectivity index (χ2v) is 6.95. The maximum absolute atomic E-state index is 11.9. The van der Waals surface area contributed by atoms with E-state index in [-0.39, 0.29) is 22.4 Å². The van der Waals surface area contributed by atoms with Crippen LogP contribution in [0.2, 0.25) is 5.02 Å². The summed E-state index contributed by atoms with van der Waals surface area (Å²) in [6.45, 7) is 0.980. The van der Waals surface area contributed by atoms with Gasteiger partial charge in [-0.15, -0.1) is 0 Å². The third-order valence-electron chi connectivity index (χ3n) is 2.57. The molecule has 2 rings (SSSR count). The Hall–Kier alpha value is -0.860. The van der Waals surface area contributed by atoms with E-state index in [2.05, 4.69) is 5.32 Å². The molecule has 1 N–H and O–H groups in total. The second kappa shape index (κ2) is 6.28. The average Bonchev–Trinajstić information content (AvgIpc) is 2.38. The minimum absolute atomic E-state index is 0.0707. The third kappa shape index (κ3) is 3.83. The number of ether oxygens (including phenoxy) is 2.